The molecule has 2 aromatic rings. The number of anilines is 1. The Morgan fingerprint density at radius 1 is 0.868 bits per heavy atom. The van der Waals surface area contributed by atoms with E-state index in [9.17, 15) is 43.9 Å². The van der Waals surface area contributed by atoms with E-state index in [4.69, 9.17) is 28.9 Å². The van der Waals surface area contributed by atoms with E-state index in [0.29, 0.717) is 22.2 Å². The Morgan fingerprint density at radius 2 is 1.45 bits per heavy atom. The number of amidine groups is 1. The monoisotopic (exact) mass is 593 g/mol. The number of benzene rings is 2. The second-order valence-corrected chi connectivity index (χ2v) is 8.68. The van der Waals surface area contributed by atoms with Gasteiger partial charge in [-0.25, -0.2) is 14.4 Å². The molecule has 204 valence electrons. The van der Waals surface area contributed by atoms with Crippen LogP contribution in [0.2, 0.25) is 10.0 Å². The van der Waals surface area contributed by atoms with Gasteiger partial charge in [-0.05, 0) is 18.2 Å². The molecule has 2 aliphatic heterocycles. The number of halogens is 12. The topological polar surface area (TPSA) is 57.2 Å². The van der Waals surface area contributed by atoms with Crippen LogP contribution in [-0.4, -0.2) is 35.1 Å². The molecule has 1 atom stereocenters. The molecule has 2 heterocycles. The maximum absolute atomic E-state index is 14.5. The van der Waals surface area contributed by atoms with E-state index < -0.39 is 81.3 Å². The van der Waals surface area contributed by atoms with Crippen molar-refractivity contribution in [2.45, 2.75) is 31.2 Å². The fraction of sp³-hybridized carbons (Fsp3) is 0.238. The smallest absolute Gasteiger partial charge is 0.384 e. The molecule has 0 saturated carbocycles. The van der Waals surface area contributed by atoms with E-state index in [2.05, 4.69) is 9.98 Å². The van der Waals surface area contributed by atoms with Crippen LogP contribution < -0.4 is 10.7 Å². The summed E-state index contributed by atoms with van der Waals surface area (Å²) >= 11 is 12.1. The predicted molar refractivity (Wildman–Crippen MR) is 118 cm³/mol. The Labute approximate surface area is 216 Å². The van der Waals surface area contributed by atoms with Gasteiger partial charge in [0.15, 0.2) is 11.9 Å². The average molecular weight is 594 g/mol. The third kappa shape index (κ3) is 5.01. The molecule has 0 amide bonds. The number of nitrogens with zero attached hydrogens (tertiary/aromatic N) is 4. The molecule has 4 rings (SSSR count). The number of hydrazine groups is 1. The van der Waals surface area contributed by atoms with Gasteiger partial charge in [0.25, 0.3) is 0 Å². The van der Waals surface area contributed by atoms with E-state index in [1.807, 2.05) is 0 Å². The second kappa shape index (κ2) is 9.31. The molecule has 0 bridgehead atoms. The highest BCUT2D eigenvalue weighted by Crippen LogP contribution is 2.47. The van der Waals surface area contributed by atoms with E-state index in [1.165, 1.54) is 18.2 Å². The SMILES string of the molecule is NC1=C2C(C(F)(F)F)=NC(C(F)(F)F)=NC2N(Cc2ccccc2F)N1c1c(Cl)cc(C(F)(F)F)cc1Cl. The molecule has 0 aromatic heterocycles. The van der Waals surface area contributed by atoms with Crippen LogP contribution in [0.25, 0.3) is 0 Å². The maximum atomic E-state index is 14.5. The summed E-state index contributed by atoms with van der Waals surface area (Å²) in [5.74, 6) is -3.99. The molecule has 1 unspecified atom stereocenters. The van der Waals surface area contributed by atoms with Crippen LogP contribution in [0.5, 0.6) is 0 Å². The summed E-state index contributed by atoms with van der Waals surface area (Å²) in [7, 11) is 0. The van der Waals surface area contributed by atoms with Crippen molar-refractivity contribution < 1.29 is 43.9 Å². The van der Waals surface area contributed by atoms with Crippen LogP contribution in [-0.2, 0) is 12.7 Å². The number of alkyl halides is 9. The summed E-state index contributed by atoms with van der Waals surface area (Å²) in [5, 5.41) is -0.302. The molecule has 0 saturated heterocycles. The first-order valence-corrected chi connectivity index (χ1v) is 10.8. The predicted octanol–water partition coefficient (Wildman–Crippen LogP) is 6.86. The molecule has 2 aromatic carbocycles. The maximum Gasteiger partial charge on any atom is 0.451 e. The van der Waals surface area contributed by atoms with Gasteiger partial charge in [-0.2, -0.15) is 44.5 Å². The molecular formula is C21H11Cl2F10N5. The third-order valence-electron chi connectivity index (χ3n) is 5.39. The second-order valence-electron chi connectivity index (χ2n) is 7.87. The lowest BCUT2D eigenvalue weighted by molar-refractivity contribution is -0.137. The molecule has 2 N–H and O–H groups in total. The Kier molecular flexibility index (Phi) is 6.85. The molecule has 38 heavy (non-hydrogen) atoms. The van der Waals surface area contributed by atoms with Crippen LogP contribution in [0.1, 0.15) is 11.1 Å². The van der Waals surface area contributed by atoms with Crippen LogP contribution >= 0.6 is 23.2 Å². The zero-order chi connectivity index (χ0) is 28.4. The summed E-state index contributed by atoms with van der Waals surface area (Å²) < 4.78 is 136. The number of fused-ring (bicyclic) bond motifs is 1. The molecule has 0 spiro atoms. The lowest BCUT2D eigenvalue weighted by atomic mass is 10.1. The Bertz CT molecular complexity index is 1350. The number of aliphatic imine (C=N–C) groups is 2. The molecular weight excluding hydrogens is 583 g/mol. The van der Waals surface area contributed by atoms with Crippen molar-refractivity contribution in [1.29, 1.82) is 0 Å². The highest BCUT2D eigenvalue weighted by Gasteiger charge is 2.54. The summed E-state index contributed by atoms with van der Waals surface area (Å²) in [6, 6.07) is 5.55. The standard InChI is InChI=1S/C21H11Cl2F10N5/c22-10-5-9(19(25,26)27)6-11(23)14(10)38-16(34)13-15(20(28,29)30)35-18(21(31,32)33)36-17(13)37(38)7-8-3-1-2-4-12(8)24/h1-6,17H,7,34H2. The van der Waals surface area contributed by atoms with Crippen molar-refractivity contribution >= 4 is 40.4 Å². The lowest BCUT2D eigenvalue weighted by Gasteiger charge is -2.35. The van der Waals surface area contributed by atoms with Crippen molar-refractivity contribution in [1.82, 2.24) is 5.01 Å². The van der Waals surface area contributed by atoms with Crippen molar-refractivity contribution in [3.05, 3.63) is 74.8 Å². The summed E-state index contributed by atoms with van der Waals surface area (Å²) in [4.78, 5) is 5.92. The number of rotatable bonds is 3. The molecule has 0 radical (unpaired) electrons. The average Bonchev–Trinajstić information content (AvgIpc) is 3.04. The van der Waals surface area contributed by atoms with Crippen LogP contribution in [0.4, 0.5) is 49.6 Å². The lowest BCUT2D eigenvalue weighted by Crippen LogP contribution is -2.46. The van der Waals surface area contributed by atoms with Gasteiger partial charge in [0.1, 0.15) is 11.6 Å². The Hall–Kier alpha value is -3.04. The van der Waals surface area contributed by atoms with Gasteiger partial charge < -0.3 is 5.73 Å². The number of hydrogen-bond donors (Lipinski definition) is 1. The zero-order valence-electron chi connectivity index (χ0n) is 18.2. The number of hydrogen-bond acceptors (Lipinski definition) is 5. The van der Waals surface area contributed by atoms with Crippen LogP contribution in [0.15, 0.2) is 57.8 Å². The minimum Gasteiger partial charge on any atom is -0.384 e. The minimum absolute atomic E-state index is 0.231. The van der Waals surface area contributed by atoms with Gasteiger partial charge in [0, 0.05) is 12.1 Å². The van der Waals surface area contributed by atoms with Gasteiger partial charge in [-0.1, -0.05) is 41.4 Å². The zero-order valence-corrected chi connectivity index (χ0v) is 19.7. The molecule has 0 aliphatic carbocycles. The highest BCUT2D eigenvalue weighted by molar-refractivity contribution is 6.39. The molecule has 2 aliphatic rings. The van der Waals surface area contributed by atoms with E-state index in [0.717, 1.165) is 6.07 Å². The van der Waals surface area contributed by atoms with Gasteiger partial charge >= 0.3 is 18.5 Å². The van der Waals surface area contributed by atoms with E-state index in [1.54, 1.807) is 0 Å². The third-order valence-corrected chi connectivity index (χ3v) is 5.96. The Balaban J connectivity index is 1.99. The highest BCUT2D eigenvalue weighted by atomic mass is 35.5. The summed E-state index contributed by atoms with van der Waals surface area (Å²) in [5.41, 5.74) is 0.671. The van der Waals surface area contributed by atoms with Crippen molar-refractivity contribution in [2.24, 2.45) is 15.7 Å². The van der Waals surface area contributed by atoms with Crippen molar-refractivity contribution in [2.75, 3.05) is 5.01 Å². The first kappa shape index (κ1) is 28.0. The van der Waals surface area contributed by atoms with Crippen LogP contribution in [0, 0.1) is 5.82 Å². The van der Waals surface area contributed by atoms with Gasteiger partial charge in [-0.3, -0.25) is 5.01 Å². The van der Waals surface area contributed by atoms with Gasteiger partial charge in [0.2, 0.25) is 5.84 Å². The first-order valence-electron chi connectivity index (χ1n) is 10.1. The van der Waals surface area contributed by atoms with Crippen molar-refractivity contribution in [3.8, 4) is 0 Å². The Morgan fingerprint density at radius 3 is 1.95 bits per heavy atom. The first-order chi connectivity index (χ1) is 17.4. The van der Waals surface area contributed by atoms with Crippen LogP contribution in [0.3, 0.4) is 0 Å². The largest absolute Gasteiger partial charge is 0.451 e. The normalized spacial score (nSPS) is 19.1. The van der Waals surface area contributed by atoms with Crippen molar-refractivity contribution in [3.63, 3.8) is 0 Å². The van der Waals surface area contributed by atoms with E-state index >= 15 is 0 Å². The minimum atomic E-state index is -5.47. The fourth-order valence-electron chi connectivity index (χ4n) is 3.82. The number of nitrogens with two attached hydrogens (primary N) is 1. The fourth-order valence-corrected chi connectivity index (χ4v) is 4.47. The summed E-state index contributed by atoms with van der Waals surface area (Å²) in [6.07, 6.45) is -18.0. The molecule has 5 nitrogen and oxygen atoms in total. The quantitative estimate of drug-likeness (QED) is 0.395. The van der Waals surface area contributed by atoms with Gasteiger partial charge in [-0.15, -0.1) is 0 Å². The molecule has 0 fully saturated rings. The van der Waals surface area contributed by atoms with Gasteiger partial charge in [0.05, 0.1) is 26.9 Å². The van der Waals surface area contributed by atoms with E-state index in [-0.39, 0.29) is 5.56 Å². The molecule has 17 heteroatoms. The summed E-state index contributed by atoms with van der Waals surface area (Å²) in [6.45, 7) is -0.755.